The van der Waals surface area contributed by atoms with Gasteiger partial charge in [0.1, 0.15) is 12.2 Å². The number of hydrogen-bond donors (Lipinski definition) is 1. The van der Waals surface area contributed by atoms with E-state index in [4.69, 9.17) is 18.9 Å². The van der Waals surface area contributed by atoms with Crippen LogP contribution in [-0.2, 0) is 6.42 Å². The van der Waals surface area contributed by atoms with Crippen molar-refractivity contribution in [1.29, 1.82) is 0 Å². The summed E-state index contributed by atoms with van der Waals surface area (Å²) in [6.45, 7) is 11.5. The molecule has 5 heteroatoms. The van der Waals surface area contributed by atoms with E-state index in [1.807, 2.05) is 33.8 Å². The Morgan fingerprint density at radius 1 is 0.833 bits per heavy atom. The summed E-state index contributed by atoms with van der Waals surface area (Å²) >= 11 is 0. The van der Waals surface area contributed by atoms with Crippen LogP contribution in [-0.4, -0.2) is 33.0 Å². The van der Waals surface area contributed by atoms with E-state index in [2.05, 4.69) is 30.5 Å². The maximum absolute atomic E-state index is 6.00. The van der Waals surface area contributed by atoms with Gasteiger partial charge in [0.2, 0.25) is 0 Å². The van der Waals surface area contributed by atoms with Crippen LogP contribution in [0.5, 0.6) is 23.0 Å². The first-order valence-corrected chi connectivity index (χ1v) is 11.1. The quantitative estimate of drug-likeness (QED) is 0.723. The second kappa shape index (κ2) is 9.00. The summed E-state index contributed by atoms with van der Waals surface area (Å²) in [5.74, 6) is 3.35. The number of benzene rings is 2. The molecule has 30 heavy (non-hydrogen) atoms. The van der Waals surface area contributed by atoms with Crippen molar-refractivity contribution < 1.29 is 23.8 Å². The Balaban J connectivity index is 1.82. The number of hydrogen-bond acceptors (Lipinski definition) is 4. The maximum atomic E-state index is 6.00. The van der Waals surface area contributed by atoms with E-state index >= 15 is 0 Å². The summed E-state index contributed by atoms with van der Waals surface area (Å²) in [6, 6.07) is 8.77. The van der Waals surface area contributed by atoms with Gasteiger partial charge in [0, 0.05) is 12.0 Å². The normalized spacial score (nSPS) is 18.8. The first kappa shape index (κ1) is 20.6. The molecule has 0 radical (unpaired) electrons. The summed E-state index contributed by atoms with van der Waals surface area (Å²) in [6.07, 6.45) is 5.67. The van der Waals surface area contributed by atoms with E-state index in [1.54, 1.807) is 0 Å². The SMILES string of the molecule is CCOc1cc2c(cc1OCC)C1C=c3ccc(OCC)c(OCC)c3=C[NH+]1CC2. The van der Waals surface area contributed by atoms with Crippen molar-refractivity contribution in [3.05, 3.63) is 45.8 Å². The van der Waals surface area contributed by atoms with Gasteiger partial charge in [-0.2, -0.15) is 0 Å². The number of fused-ring (bicyclic) bond motifs is 4. The lowest BCUT2D eigenvalue weighted by Crippen LogP contribution is -3.09. The highest BCUT2D eigenvalue weighted by Crippen LogP contribution is 2.35. The highest BCUT2D eigenvalue weighted by atomic mass is 16.5. The van der Waals surface area contributed by atoms with E-state index in [1.165, 1.54) is 21.2 Å². The molecule has 2 heterocycles. The van der Waals surface area contributed by atoms with Crippen LogP contribution in [0.4, 0.5) is 0 Å². The Labute approximate surface area is 178 Å². The highest BCUT2D eigenvalue weighted by molar-refractivity contribution is 5.55. The highest BCUT2D eigenvalue weighted by Gasteiger charge is 2.32. The van der Waals surface area contributed by atoms with Gasteiger partial charge < -0.3 is 18.9 Å². The van der Waals surface area contributed by atoms with Gasteiger partial charge in [-0.1, -0.05) is 6.07 Å². The molecule has 160 valence electrons. The van der Waals surface area contributed by atoms with Crippen LogP contribution in [0.15, 0.2) is 24.3 Å². The van der Waals surface area contributed by atoms with E-state index in [0.29, 0.717) is 26.4 Å². The lowest BCUT2D eigenvalue weighted by atomic mass is 9.90. The van der Waals surface area contributed by atoms with Gasteiger partial charge in [-0.25, -0.2) is 0 Å². The van der Waals surface area contributed by atoms with Gasteiger partial charge in [0.15, 0.2) is 23.0 Å². The molecule has 2 unspecified atom stereocenters. The smallest absolute Gasteiger partial charge is 0.174 e. The largest absolute Gasteiger partial charge is 0.490 e. The molecule has 1 N–H and O–H groups in total. The average Bonchev–Trinajstić information content (AvgIpc) is 2.75. The van der Waals surface area contributed by atoms with E-state index < -0.39 is 0 Å². The summed E-state index contributed by atoms with van der Waals surface area (Å²) in [7, 11) is 0. The van der Waals surface area contributed by atoms with Gasteiger partial charge in [-0.3, -0.25) is 4.90 Å². The predicted octanol–water partition coefficient (Wildman–Crippen LogP) is 2.00. The van der Waals surface area contributed by atoms with Gasteiger partial charge in [-0.15, -0.1) is 0 Å². The zero-order valence-corrected chi connectivity index (χ0v) is 18.4. The molecule has 2 aromatic carbocycles. The summed E-state index contributed by atoms with van der Waals surface area (Å²) in [4.78, 5) is 1.41. The molecule has 2 aromatic rings. The first-order chi connectivity index (χ1) is 14.7. The van der Waals surface area contributed by atoms with Crippen molar-refractivity contribution in [3.8, 4) is 23.0 Å². The number of nitrogens with one attached hydrogen (secondary N) is 1. The molecule has 2 aliphatic heterocycles. The van der Waals surface area contributed by atoms with E-state index in [9.17, 15) is 0 Å². The molecule has 0 aromatic heterocycles. The molecule has 0 saturated heterocycles. The zero-order valence-electron chi connectivity index (χ0n) is 18.4. The van der Waals surface area contributed by atoms with Gasteiger partial charge in [0.05, 0.1) is 38.2 Å². The van der Waals surface area contributed by atoms with Crippen LogP contribution in [0.25, 0.3) is 12.3 Å². The maximum Gasteiger partial charge on any atom is 0.174 e. The minimum Gasteiger partial charge on any atom is -0.490 e. The van der Waals surface area contributed by atoms with Crippen LogP contribution in [0.2, 0.25) is 0 Å². The zero-order chi connectivity index (χ0) is 21.1. The number of rotatable bonds is 8. The van der Waals surface area contributed by atoms with Gasteiger partial charge in [-0.05, 0) is 62.8 Å². The van der Waals surface area contributed by atoms with Gasteiger partial charge >= 0.3 is 0 Å². The Morgan fingerprint density at radius 2 is 1.50 bits per heavy atom. The van der Waals surface area contributed by atoms with Crippen LogP contribution in [0, 0.1) is 0 Å². The molecule has 0 fully saturated rings. The van der Waals surface area contributed by atoms with Gasteiger partial charge in [0.25, 0.3) is 0 Å². The monoisotopic (exact) mass is 410 g/mol. The first-order valence-electron chi connectivity index (χ1n) is 11.1. The second-order valence-electron chi connectivity index (χ2n) is 7.49. The molecular weight excluding hydrogens is 378 g/mol. The molecule has 0 amide bonds. The molecular formula is C25H32NO4+. The fourth-order valence-electron chi connectivity index (χ4n) is 4.47. The summed E-state index contributed by atoms with van der Waals surface area (Å²) in [5, 5.41) is 2.32. The summed E-state index contributed by atoms with van der Waals surface area (Å²) < 4.78 is 23.6. The molecule has 2 aliphatic rings. The van der Waals surface area contributed by atoms with Crippen molar-refractivity contribution in [1.82, 2.24) is 0 Å². The van der Waals surface area contributed by atoms with Crippen molar-refractivity contribution in [3.63, 3.8) is 0 Å². The van der Waals surface area contributed by atoms with Crippen LogP contribution in [0.1, 0.15) is 44.9 Å². The van der Waals surface area contributed by atoms with E-state index in [-0.39, 0.29) is 6.04 Å². The molecule has 5 nitrogen and oxygen atoms in total. The van der Waals surface area contributed by atoms with Crippen molar-refractivity contribution in [2.24, 2.45) is 0 Å². The minimum atomic E-state index is 0.253. The lowest BCUT2D eigenvalue weighted by Gasteiger charge is -2.32. The fourth-order valence-corrected chi connectivity index (χ4v) is 4.47. The molecule has 0 bridgehead atoms. The van der Waals surface area contributed by atoms with E-state index in [0.717, 1.165) is 41.2 Å². The lowest BCUT2D eigenvalue weighted by molar-refractivity contribution is -0.844. The predicted molar refractivity (Wildman–Crippen MR) is 118 cm³/mol. The molecule has 0 aliphatic carbocycles. The minimum absolute atomic E-state index is 0.253. The molecule has 2 atom stereocenters. The third kappa shape index (κ3) is 3.74. The second-order valence-corrected chi connectivity index (χ2v) is 7.49. The fraction of sp³-hybridized carbons (Fsp3) is 0.440. The standard InChI is InChI=1S/C25H31NO4/c1-5-27-22-10-9-17-13-21-19-15-24(29-7-3)23(28-6-2)14-18(19)11-12-26(21)16-20(17)25(22)30-8-4/h9-10,13-16,21H,5-8,11-12H2,1-4H3/p+1. The van der Waals surface area contributed by atoms with Crippen molar-refractivity contribution in [2.75, 3.05) is 33.0 Å². The Kier molecular flexibility index (Phi) is 6.18. The molecule has 0 saturated carbocycles. The number of quaternary nitrogens is 1. The summed E-state index contributed by atoms with van der Waals surface area (Å²) in [5.41, 5.74) is 2.66. The van der Waals surface area contributed by atoms with Crippen LogP contribution < -0.4 is 34.3 Å². The Bertz CT molecular complexity index is 1030. The van der Waals surface area contributed by atoms with Crippen molar-refractivity contribution in [2.45, 2.75) is 40.2 Å². The third-order valence-electron chi connectivity index (χ3n) is 5.68. The third-order valence-corrected chi connectivity index (χ3v) is 5.68. The van der Waals surface area contributed by atoms with Crippen molar-refractivity contribution >= 4 is 12.3 Å². The topological polar surface area (TPSA) is 41.4 Å². The Hall–Kier alpha value is -2.66. The van der Waals surface area contributed by atoms with Crippen LogP contribution >= 0.6 is 0 Å². The average molecular weight is 411 g/mol. The molecule has 0 spiro atoms. The Morgan fingerprint density at radius 3 is 2.20 bits per heavy atom. The number of ether oxygens (including phenoxy) is 4. The molecule has 4 rings (SSSR count). The van der Waals surface area contributed by atoms with Crippen LogP contribution in [0.3, 0.4) is 0 Å².